The van der Waals surface area contributed by atoms with E-state index in [1.807, 2.05) is 61.5 Å². The fraction of sp³-hybridized carbons (Fsp3) is 0.136. The molecule has 0 radical (unpaired) electrons. The molecule has 0 heterocycles. The maximum absolute atomic E-state index is 12.3. The minimum absolute atomic E-state index is 0.0129. The quantitative estimate of drug-likeness (QED) is 0.448. The van der Waals surface area contributed by atoms with E-state index in [0.29, 0.717) is 5.75 Å². The predicted octanol–water partition coefficient (Wildman–Crippen LogP) is 2.79. The molecule has 0 bridgehead atoms. The number of ether oxygens (including phenoxy) is 1. The predicted molar refractivity (Wildman–Crippen MR) is 116 cm³/mol. The first kappa shape index (κ1) is 20.3. The highest BCUT2D eigenvalue weighted by Crippen LogP contribution is 2.18. The summed E-state index contributed by atoms with van der Waals surface area (Å²) in [4.78, 5) is 24.1. The van der Waals surface area contributed by atoms with Gasteiger partial charge in [0.1, 0.15) is 5.75 Å². The van der Waals surface area contributed by atoms with Crippen LogP contribution in [-0.4, -0.2) is 23.5 Å². The summed E-state index contributed by atoms with van der Waals surface area (Å²) in [7, 11) is 0. The molecule has 3 rings (SSSR count). The number of benzene rings is 3. The number of carbonyl (C=O) groups is 2. The number of thiocarbonyl (C=S) groups is 1. The number of fused-ring (bicyclic) bond motifs is 1. The summed E-state index contributed by atoms with van der Waals surface area (Å²) in [5, 5.41) is 4.66. The zero-order chi connectivity index (χ0) is 20.6. The van der Waals surface area contributed by atoms with Crippen molar-refractivity contribution in [3.05, 3.63) is 77.9 Å². The van der Waals surface area contributed by atoms with Crippen LogP contribution < -0.4 is 20.9 Å². The molecule has 7 heteroatoms. The van der Waals surface area contributed by atoms with Crippen LogP contribution in [0.25, 0.3) is 10.8 Å². The highest BCUT2D eigenvalue weighted by Gasteiger charge is 2.09. The van der Waals surface area contributed by atoms with Gasteiger partial charge in [0.15, 0.2) is 11.7 Å². The number of rotatable bonds is 5. The zero-order valence-electron chi connectivity index (χ0n) is 15.9. The maximum Gasteiger partial charge on any atom is 0.276 e. The van der Waals surface area contributed by atoms with Crippen LogP contribution in [0.1, 0.15) is 11.1 Å². The number of nitrogens with one attached hydrogen (secondary N) is 3. The normalized spacial score (nSPS) is 10.2. The van der Waals surface area contributed by atoms with Crippen LogP contribution in [0.2, 0.25) is 0 Å². The average molecular weight is 407 g/mol. The molecule has 0 unspecified atom stereocenters. The topological polar surface area (TPSA) is 79.5 Å². The van der Waals surface area contributed by atoms with E-state index in [9.17, 15) is 9.59 Å². The van der Waals surface area contributed by atoms with Crippen molar-refractivity contribution >= 4 is 39.9 Å². The standard InChI is InChI=1S/C22H21N3O3S/c1-15-9-11-18(12-10-15)28-14-21(27)24-25-22(29)23-20(26)13-17-7-4-6-16-5-2-3-8-19(16)17/h2-12H,13-14H2,1H3,(H,24,27)(H2,23,25,26,29). The Hall–Kier alpha value is -3.45. The Kier molecular flexibility index (Phi) is 6.76. The van der Waals surface area contributed by atoms with E-state index in [4.69, 9.17) is 17.0 Å². The van der Waals surface area contributed by atoms with Gasteiger partial charge in [-0.1, -0.05) is 60.2 Å². The number of hydrazine groups is 1. The van der Waals surface area contributed by atoms with E-state index in [1.165, 1.54) is 0 Å². The monoisotopic (exact) mass is 407 g/mol. The summed E-state index contributed by atoms with van der Waals surface area (Å²) in [6.45, 7) is 1.79. The fourth-order valence-electron chi connectivity index (χ4n) is 2.77. The molecule has 0 fully saturated rings. The minimum atomic E-state index is -0.420. The summed E-state index contributed by atoms with van der Waals surface area (Å²) in [5.74, 6) is -0.100. The van der Waals surface area contributed by atoms with Gasteiger partial charge >= 0.3 is 0 Å². The van der Waals surface area contributed by atoms with Crippen molar-refractivity contribution in [2.45, 2.75) is 13.3 Å². The molecule has 0 aliphatic carbocycles. The Morgan fingerprint density at radius 1 is 0.897 bits per heavy atom. The van der Waals surface area contributed by atoms with Gasteiger partial charge in [0.25, 0.3) is 5.91 Å². The lowest BCUT2D eigenvalue weighted by molar-refractivity contribution is -0.124. The lowest BCUT2D eigenvalue weighted by Crippen LogP contribution is -2.49. The van der Waals surface area contributed by atoms with Crippen LogP contribution >= 0.6 is 12.2 Å². The molecule has 29 heavy (non-hydrogen) atoms. The van der Waals surface area contributed by atoms with Crippen LogP contribution in [0.3, 0.4) is 0 Å². The molecule has 3 N–H and O–H groups in total. The van der Waals surface area contributed by atoms with E-state index in [0.717, 1.165) is 21.9 Å². The third kappa shape index (κ3) is 6.02. The first-order chi connectivity index (χ1) is 14.0. The molecular weight excluding hydrogens is 386 g/mol. The third-order valence-electron chi connectivity index (χ3n) is 4.19. The van der Waals surface area contributed by atoms with Crippen LogP contribution in [0.4, 0.5) is 0 Å². The fourth-order valence-corrected chi connectivity index (χ4v) is 2.93. The van der Waals surface area contributed by atoms with E-state index < -0.39 is 5.91 Å². The van der Waals surface area contributed by atoms with E-state index in [1.54, 1.807) is 12.1 Å². The Morgan fingerprint density at radius 3 is 2.41 bits per heavy atom. The first-order valence-corrected chi connectivity index (χ1v) is 9.47. The van der Waals surface area contributed by atoms with Crippen LogP contribution in [0, 0.1) is 6.92 Å². The van der Waals surface area contributed by atoms with Gasteiger partial charge in [-0.2, -0.15) is 0 Å². The maximum atomic E-state index is 12.3. The molecule has 0 aromatic heterocycles. The number of amides is 2. The zero-order valence-corrected chi connectivity index (χ0v) is 16.7. The molecule has 3 aromatic carbocycles. The molecule has 0 aliphatic heterocycles. The molecule has 0 saturated heterocycles. The Balaban J connectivity index is 1.43. The smallest absolute Gasteiger partial charge is 0.276 e. The highest BCUT2D eigenvalue weighted by molar-refractivity contribution is 7.80. The lowest BCUT2D eigenvalue weighted by Gasteiger charge is -2.12. The number of aryl methyl sites for hydroxylation is 1. The van der Waals surface area contributed by atoms with Gasteiger partial charge in [-0.05, 0) is 47.6 Å². The van der Waals surface area contributed by atoms with Gasteiger partial charge in [-0.3, -0.25) is 20.4 Å². The highest BCUT2D eigenvalue weighted by atomic mass is 32.1. The van der Waals surface area contributed by atoms with Gasteiger partial charge in [0, 0.05) is 0 Å². The van der Waals surface area contributed by atoms with Gasteiger partial charge in [-0.15, -0.1) is 0 Å². The average Bonchev–Trinajstić information content (AvgIpc) is 2.72. The van der Waals surface area contributed by atoms with Crippen LogP contribution in [0.15, 0.2) is 66.7 Å². The minimum Gasteiger partial charge on any atom is -0.484 e. The molecule has 6 nitrogen and oxygen atoms in total. The van der Waals surface area contributed by atoms with E-state index >= 15 is 0 Å². The van der Waals surface area contributed by atoms with Crippen LogP contribution in [-0.2, 0) is 16.0 Å². The summed E-state index contributed by atoms with van der Waals surface area (Å²) in [6.07, 6.45) is 0.174. The molecular formula is C22H21N3O3S. The van der Waals surface area contributed by atoms with E-state index in [2.05, 4.69) is 16.2 Å². The molecule has 148 valence electrons. The van der Waals surface area contributed by atoms with Crippen molar-refractivity contribution < 1.29 is 14.3 Å². The number of carbonyl (C=O) groups excluding carboxylic acids is 2. The summed E-state index contributed by atoms with van der Waals surface area (Å²) >= 11 is 5.05. The summed E-state index contributed by atoms with van der Waals surface area (Å²) in [5.41, 5.74) is 6.90. The second-order valence-corrected chi connectivity index (χ2v) is 6.88. The van der Waals surface area contributed by atoms with Crippen molar-refractivity contribution in [2.24, 2.45) is 0 Å². The number of hydrogen-bond acceptors (Lipinski definition) is 4. The van der Waals surface area contributed by atoms with Crippen molar-refractivity contribution in [1.82, 2.24) is 16.2 Å². The SMILES string of the molecule is Cc1ccc(OCC(=O)NNC(=S)NC(=O)Cc2cccc3ccccc23)cc1. The third-order valence-corrected chi connectivity index (χ3v) is 4.39. The molecule has 0 aliphatic rings. The molecule has 0 spiro atoms. The van der Waals surface area contributed by atoms with Crippen molar-refractivity contribution in [3.8, 4) is 5.75 Å². The number of hydrogen-bond donors (Lipinski definition) is 3. The van der Waals surface area contributed by atoms with Gasteiger partial charge in [0.2, 0.25) is 5.91 Å². The van der Waals surface area contributed by atoms with Crippen molar-refractivity contribution in [3.63, 3.8) is 0 Å². The Morgan fingerprint density at radius 2 is 1.62 bits per heavy atom. The molecule has 2 amide bonds. The second kappa shape index (κ2) is 9.66. The molecule has 0 saturated carbocycles. The van der Waals surface area contributed by atoms with Gasteiger partial charge < -0.3 is 10.1 Å². The molecule has 3 aromatic rings. The van der Waals surface area contributed by atoms with Crippen LogP contribution in [0.5, 0.6) is 5.75 Å². The summed E-state index contributed by atoms with van der Waals surface area (Å²) < 4.78 is 5.37. The Bertz CT molecular complexity index is 1030. The lowest BCUT2D eigenvalue weighted by atomic mass is 10.0. The van der Waals surface area contributed by atoms with Crippen molar-refractivity contribution in [2.75, 3.05) is 6.61 Å². The van der Waals surface area contributed by atoms with E-state index in [-0.39, 0.29) is 24.0 Å². The Labute approximate surface area is 174 Å². The van der Waals surface area contributed by atoms with Gasteiger partial charge in [0.05, 0.1) is 6.42 Å². The first-order valence-electron chi connectivity index (χ1n) is 9.06. The molecule has 0 atom stereocenters. The van der Waals surface area contributed by atoms with Crippen molar-refractivity contribution in [1.29, 1.82) is 0 Å². The largest absolute Gasteiger partial charge is 0.484 e. The summed E-state index contributed by atoms with van der Waals surface area (Å²) in [6, 6.07) is 21.0. The van der Waals surface area contributed by atoms with Gasteiger partial charge in [-0.25, -0.2) is 0 Å². The second-order valence-electron chi connectivity index (χ2n) is 6.47.